The van der Waals surface area contributed by atoms with Crippen LogP contribution in [0.2, 0.25) is 5.02 Å². The van der Waals surface area contributed by atoms with Crippen LogP contribution < -0.4 is 0 Å². The summed E-state index contributed by atoms with van der Waals surface area (Å²) in [5, 5.41) is 9.82. The third-order valence-corrected chi connectivity index (χ3v) is 3.97. The molecule has 0 bridgehead atoms. The Hall–Kier alpha value is -1.06. The first-order valence-electron chi connectivity index (χ1n) is 6.28. The number of hydrogen-bond donors (Lipinski definition) is 1. The Morgan fingerprint density at radius 1 is 1.56 bits per heavy atom. The molecule has 1 aliphatic heterocycles. The number of aliphatic hydroxyl groups excluding tert-OH is 1. The lowest BCUT2D eigenvalue weighted by atomic mass is 9.97. The number of carbonyl (C=O) groups is 1. The van der Waals surface area contributed by atoms with E-state index >= 15 is 0 Å². The number of hydrogen-bond acceptors (Lipinski definition) is 2. The van der Waals surface area contributed by atoms with Crippen LogP contribution in [0.25, 0.3) is 0 Å². The van der Waals surface area contributed by atoms with E-state index in [1.54, 1.807) is 12.1 Å². The molecule has 1 amide bonds. The van der Waals surface area contributed by atoms with Crippen LogP contribution in [-0.4, -0.2) is 35.6 Å². The average Bonchev–Trinajstić information content (AvgIpc) is 2.41. The number of rotatable bonds is 2. The lowest BCUT2D eigenvalue weighted by Crippen LogP contribution is -2.41. The van der Waals surface area contributed by atoms with Crippen molar-refractivity contribution in [1.29, 1.82) is 0 Å². The summed E-state index contributed by atoms with van der Waals surface area (Å²) in [5.74, 6) is 0.232. The highest BCUT2D eigenvalue weighted by Gasteiger charge is 2.25. The standard InChI is InChI=1S/C14H18ClNO2/c1-10-12(5-2-6-13(10)15)14(18)16-7-3-4-11(8-16)9-17/h2,5-6,11,17H,3-4,7-9H2,1H3. The van der Waals surface area contributed by atoms with Crippen molar-refractivity contribution >= 4 is 17.5 Å². The summed E-state index contributed by atoms with van der Waals surface area (Å²) < 4.78 is 0. The summed E-state index contributed by atoms with van der Waals surface area (Å²) in [5.41, 5.74) is 1.50. The first-order chi connectivity index (χ1) is 8.63. The second-order valence-electron chi connectivity index (χ2n) is 4.85. The largest absolute Gasteiger partial charge is 0.396 e. The Balaban J connectivity index is 2.18. The molecule has 1 unspecified atom stereocenters. The molecule has 4 heteroatoms. The van der Waals surface area contributed by atoms with Crippen LogP contribution in [0.1, 0.15) is 28.8 Å². The van der Waals surface area contributed by atoms with Crippen molar-refractivity contribution in [3.8, 4) is 0 Å². The lowest BCUT2D eigenvalue weighted by molar-refractivity contribution is 0.0620. The van der Waals surface area contributed by atoms with Gasteiger partial charge in [-0.25, -0.2) is 0 Å². The van der Waals surface area contributed by atoms with Crippen molar-refractivity contribution in [2.24, 2.45) is 5.92 Å². The topological polar surface area (TPSA) is 40.5 Å². The molecule has 1 aliphatic rings. The maximum Gasteiger partial charge on any atom is 0.254 e. The maximum absolute atomic E-state index is 12.4. The number of piperidine rings is 1. The maximum atomic E-state index is 12.4. The van der Waals surface area contributed by atoms with E-state index in [4.69, 9.17) is 11.6 Å². The minimum Gasteiger partial charge on any atom is -0.396 e. The van der Waals surface area contributed by atoms with Gasteiger partial charge in [-0.15, -0.1) is 0 Å². The van der Waals surface area contributed by atoms with E-state index in [9.17, 15) is 9.90 Å². The van der Waals surface area contributed by atoms with Crippen molar-refractivity contribution in [2.45, 2.75) is 19.8 Å². The molecule has 0 radical (unpaired) electrons. The van der Waals surface area contributed by atoms with E-state index in [0.717, 1.165) is 24.9 Å². The van der Waals surface area contributed by atoms with Gasteiger partial charge in [-0.2, -0.15) is 0 Å². The van der Waals surface area contributed by atoms with E-state index in [2.05, 4.69) is 0 Å². The molecule has 1 N–H and O–H groups in total. The lowest BCUT2D eigenvalue weighted by Gasteiger charge is -2.32. The third-order valence-electron chi connectivity index (χ3n) is 3.56. The predicted molar refractivity (Wildman–Crippen MR) is 71.9 cm³/mol. The van der Waals surface area contributed by atoms with Gasteiger partial charge in [-0.1, -0.05) is 17.7 Å². The number of likely N-dealkylation sites (tertiary alicyclic amines) is 1. The van der Waals surface area contributed by atoms with Crippen LogP contribution in [0.3, 0.4) is 0 Å². The van der Waals surface area contributed by atoms with Gasteiger partial charge in [0.25, 0.3) is 5.91 Å². The summed E-state index contributed by atoms with van der Waals surface area (Å²) in [6, 6.07) is 5.41. The van der Waals surface area contributed by atoms with Crippen LogP contribution in [0.4, 0.5) is 0 Å². The summed E-state index contributed by atoms with van der Waals surface area (Å²) in [7, 11) is 0. The molecule has 1 aromatic carbocycles. The molecule has 3 nitrogen and oxygen atoms in total. The molecule has 18 heavy (non-hydrogen) atoms. The van der Waals surface area contributed by atoms with Crippen LogP contribution >= 0.6 is 11.6 Å². The average molecular weight is 268 g/mol. The van der Waals surface area contributed by atoms with Crippen molar-refractivity contribution in [2.75, 3.05) is 19.7 Å². The second kappa shape index (κ2) is 5.72. The monoisotopic (exact) mass is 267 g/mol. The van der Waals surface area contributed by atoms with Gasteiger partial charge in [0.1, 0.15) is 0 Å². The van der Waals surface area contributed by atoms with Gasteiger partial charge in [-0.05, 0) is 43.4 Å². The molecule has 0 spiro atoms. The minimum atomic E-state index is 0.0214. The molecule has 1 aromatic rings. The summed E-state index contributed by atoms with van der Waals surface area (Å²) >= 11 is 6.04. The molecule has 1 atom stereocenters. The summed E-state index contributed by atoms with van der Waals surface area (Å²) in [6.07, 6.45) is 1.95. The highest BCUT2D eigenvalue weighted by atomic mass is 35.5. The molecule has 0 aliphatic carbocycles. The molecule has 1 saturated heterocycles. The molecule has 1 heterocycles. The highest BCUT2D eigenvalue weighted by molar-refractivity contribution is 6.31. The molecule has 0 aromatic heterocycles. The van der Waals surface area contributed by atoms with E-state index in [1.165, 1.54) is 0 Å². The van der Waals surface area contributed by atoms with Gasteiger partial charge in [0.15, 0.2) is 0 Å². The van der Waals surface area contributed by atoms with Gasteiger partial charge >= 0.3 is 0 Å². The fourth-order valence-electron chi connectivity index (χ4n) is 2.41. The molecule has 98 valence electrons. The smallest absolute Gasteiger partial charge is 0.254 e. The summed E-state index contributed by atoms with van der Waals surface area (Å²) in [6.45, 7) is 3.42. The zero-order valence-electron chi connectivity index (χ0n) is 10.5. The van der Waals surface area contributed by atoms with Crippen LogP contribution in [0.5, 0.6) is 0 Å². The van der Waals surface area contributed by atoms with E-state index in [-0.39, 0.29) is 18.4 Å². The van der Waals surface area contributed by atoms with Crippen LogP contribution in [-0.2, 0) is 0 Å². The quantitative estimate of drug-likeness (QED) is 0.894. The SMILES string of the molecule is Cc1c(Cl)cccc1C(=O)N1CCCC(CO)C1. The first kappa shape index (κ1) is 13.4. The number of halogens is 1. The zero-order valence-corrected chi connectivity index (χ0v) is 11.3. The molecule has 1 fully saturated rings. The van der Waals surface area contributed by atoms with Gasteiger partial charge < -0.3 is 10.0 Å². The van der Waals surface area contributed by atoms with E-state index in [0.29, 0.717) is 17.1 Å². The number of nitrogens with zero attached hydrogens (tertiary/aromatic N) is 1. The Bertz CT molecular complexity index is 447. The Morgan fingerprint density at radius 3 is 3.06 bits per heavy atom. The highest BCUT2D eigenvalue weighted by Crippen LogP contribution is 2.23. The fraction of sp³-hybridized carbons (Fsp3) is 0.500. The van der Waals surface area contributed by atoms with Crippen molar-refractivity contribution in [3.05, 3.63) is 34.3 Å². The van der Waals surface area contributed by atoms with Crippen LogP contribution in [0.15, 0.2) is 18.2 Å². The van der Waals surface area contributed by atoms with Gasteiger partial charge in [0, 0.05) is 30.3 Å². The minimum absolute atomic E-state index is 0.0214. The number of aliphatic hydroxyl groups is 1. The fourth-order valence-corrected chi connectivity index (χ4v) is 2.58. The number of amides is 1. The molecular weight excluding hydrogens is 250 g/mol. The predicted octanol–water partition coefficient (Wildman–Crippen LogP) is 2.49. The zero-order chi connectivity index (χ0) is 13.1. The van der Waals surface area contributed by atoms with E-state index in [1.807, 2.05) is 17.9 Å². The van der Waals surface area contributed by atoms with Crippen molar-refractivity contribution in [1.82, 2.24) is 4.90 Å². The number of carbonyl (C=O) groups excluding carboxylic acids is 1. The van der Waals surface area contributed by atoms with Gasteiger partial charge in [-0.3, -0.25) is 4.79 Å². The Kier molecular flexibility index (Phi) is 4.25. The normalized spacial score (nSPS) is 19.9. The Morgan fingerprint density at radius 2 is 2.33 bits per heavy atom. The van der Waals surface area contributed by atoms with Crippen LogP contribution in [0, 0.1) is 12.8 Å². The first-order valence-corrected chi connectivity index (χ1v) is 6.66. The van der Waals surface area contributed by atoms with Gasteiger partial charge in [0.2, 0.25) is 0 Å². The Labute approximate surface area is 112 Å². The van der Waals surface area contributed by atoms with Gasteiger partial charge in [0.05, 0.1) is 0 Å². The van der Waals surface area contributed by atoms with E-state index < -0.39 is 0 Å². The van der Waals surface area contributed by atoms with Crippen molar-refractivity contribution < 1.29 is 9.90 Å². The summed E-state index contributed by atoms with van der Waals surface area (Å²) in [4.78, 5) is 14.2. The molecule has 0 saturated carbocycles. The number of benzene rings is 1. The molecular formula is C14H18ClNO2. The third kappa shape index (κ3) is 2.68. The second-order valence-corrected chi connectivity index (χ2v) is 5.26. The molecule has 2 rings (SSSR count). The van der Waals surface area contributed by atoms with Crippen molar-refractivity contribution in [3.63, 3.8) is 0 Å².